The van der Waals surface area contributed by atoms with Crippen LogP contribution < -0.4 is 0 Å². The fraction of sp³-hybridized carbons (Fsp3) is 0.357. The number of thioether (sulfide) groups is 1. The molecule has 5 nitrogen and oxygen atoms in total. The van der Waals surface area contributed by atoms with Gasteiger partial charge in [-0.15, -0.1) is 0 Å². The first-order valence-electron chi connectivity index (χ1n) is 6.18. The zero-order valence-corrected chi connectivity index (χ0v) is 12.6. The number of pyridine rings is 1. The van der Waals surface area contributed by atoms with E-state index in [9.17, 15) is 4.79 Å². The number of ether oxygens (including phenoxy) is 1. The van der Waals surface area contributed by atoms with E-state index in [1.165, 1.54) is 6.20 Å². The average Bonchev–Trinajstić information content (AvgIpc) is 2.99. The van der Waals surface area contributed by atoms with Crippen LogP contribution in [0.3, 0.4) is 0 Å². The maximum absolute atomic E-state index is 11.9. The van der Waals surface area contributed by atoms with Crippen molar-refractivity contribution in [3.63, 3.8) is 0 Å². The van der Waals surface area contributed by atoms with Gasteiger partial charge in [-0.05, 0) is 32.2 Å². The molecule has 2 aromatic rings. The molecule has 0 N–H and O–H groups in total. The van der Waals surface area contributed by atoms with E-state index in [1.54, 1.807) is 47.2 Å². The second-order valence-electron chi connectivity index (χ2n) is 4.91. The Morgan fingerprint density at radius 2 is 2.25 bits per heavy atom. The molecule has 106 valence electrons. The molecule has 0 spiro atoms. The lowest BCUT2D eigenvalue weighted by atomic mass is 10.2. The summed E-state index contributed by atoms with van der Waals surface area (Å²) in [6, 6.07) is 3.47. The van der Waals surface area contributed by atoms with Crippen molar-refractivity contribution in [3.8, 4) is 5.82 Å². The molecule has 0 atom stereocenters. The number of carbonyl (C=O) groups excluding carboxylic acids is 1. The third-order valence-corrected chi connectivity index (χ3v) is 4.08. The topological polar surface area (TPSA) is 57.0 Å². The molecule has 0 bridgehead atoms. The third-order valence-electron chi connectivity index (χ3n) is 2.86. The summed E-state index contributed by atoms with van der Waals surface area (Å²) in [7, 11) is 0. The van der Waals surface area contributed by atoms with Gasteiger partial charge in [0.15, 0.2) is 0 Å². The Bertz CT molecular complexity index is 565. The van der Waals surface area contributed by atoms with Crippen LogP contribution in [-0.2, 0) is 4.74 Å². The zero-order chi connectivity index (χ0) is 14.6. The molecule has 2 aromatic heterocycles. The van der Waals surface area contributed by atoms with Crippen LogP contribution in [0.25, 0.3) is 5.82 Å². The Labute approximate surface area is 122 Å². The normalized spacial score (nSPS) is 11.3. The Hall–Kier alpha value is -1.82. The predicted octanol–water partition coefficient (Wildman–Crippen LogP) is 2.57. The SMILES string of the molecule is CSC(C)(C)COC(=O)c1ccc(-n2ccnc2)nc1. The molecule has 0 saturated heterocycles. The first-order chi connectivity index (χ1) is 9.52. The summed E-state index contributed by atoms with van der Waals surface area (Å²) in [5.74, 6) is 0.361. The molecule has 0 fully saturated rings. The number of carbonyl (C=O) groups is 1. The fourth-order valence-electron chi connectivity index (χ4n) is 1.44. The van der Waals surface area contributed by atoms with Crippen molar-refractivity contribution >= 4 is 17.7 Å². The summed E-state index contributed by atoms with van der Waals surface area (Å²) >= 11 is 1.66. The monoisotopic (exact) mass is 291 g/mol. The van der Waals surface area contributed by atoms with E-state index in [1.807, 2.05) is 20.1 Å². The fourth-order valence-corrected chi connectivity index (χ4v) is 1.61. The van der Waals surface area contributed by atoms with Gasteiger partial charge in [-0.3, -0.25) is 4.57 Å². The Balaban J connectivity index is 2.01. The van der Waals surface area contributed by atoms with Crippen molar-refractivity contribution in [2.24, 2.45) is 0 Å². The molecule has 20 heavy (non-hydrogen) atoms. The van der Waals surface area contributed by atoms with Gasteiger partial charge in [0.25, 0.3) is 0 Å². The van der Waals surface area contributed by atoms with Crippen LogP contribution in [0, 0.1) is 0 Å². The number of imidazole rings is 1. The lowest BCUT2D eigenvalue weighted by Gasteiger charge is -2.21. The molecule has 0 radical (unpaired) electrons. The molecular formula is C14H17N3O2S. The van der Waals surface area contributed by atoms with E-state index in [0.717, 1.165) is 0 Å². The van der Waals surface area contributed by atoms with Crippen molar-refractivity contribution in [3.05, 3.63) is 42.6 Å². The number of aromatic nitrogens is 3. The number of nitrogens with zero attached hydrogens (tertiary/aromatic N) is 3. The second kappa shape index (κ2) is 6.09. The first-order valence-corrected chi connectivity index (χ1v) is 7.41. The second-order valence-corrected chi connectivity index (χ2v) is 6.43. The van der Waals surface area contributed by atoms with Crippen LogP contribution in [0.2, 0.25) is 0 Å². The van der Waals surface area contributed by atoms with E-state index in [-0.39, 0.29) is 10.7 Å². The number of rotatable bonds is 5. The van der Waals surface area contributed by atoms with Gasteiger partial charge in [0.2, 0.25) is 0 Å². The smallest absolute Gasteiger partial charge is 0.339 e. The molecule has 0 aliphatic heterocycles. The Morgan fingerprint density at radius 1 is 1.45 bits per heavy atom. The summed E-state index contributed by atoms with van der Waals surface area (Å²) in [5, 5.41) is 0. The largest absolute Gasteiger partial charge is 0.461 e. The zero-order valence-electron chi connectivity index (χ0n) is 11.7. The number of esters is 1. The highest BCUT2D eigenvalue weighted by Gasteiger charge is 2.19. The molecular weight excluding hydrogens is 274 g/mol. The molecule has 0 amide bonds. The predicted molar refractivity (Wildman–Crippen MR) is 79.2 cm³/mol. The van der Waals surface area contributed by atoms with Gasteiger partial charge < -0.3 is 4.74 Å². The molecule has 0 aliphatic rings. The van der Waals surface area contributed by atoms with Gasteiger partial charge in [0.05, 0.1) is 5.56 Å². The lowest BCUT2D eigenvalue weighted by molar-refractivity contribution is 0.0477. The number of hydrogen-bond acceptors (Lipinski definition) is 5. The summed E-state index contributed by atoms with van der Waals surface area (Å²) < 4.78 is 6.98. The molecule has 0 aliphatic carbocycles. The molecule has 6 heteroatoms. The van der Waals surface area contributed by atoms with Crippen molar-refractivity contribution in [1.29, 1.82) is 0 Å². The number of hydrogen-bond donors (Lipinski definition) is 0. The van der Waals surface area contributed by atoms with Gasteiger partial charge in [0.1, 0.15) is 18.8 Å². The minimum Gasteiger partial charge on any atom is -0.461 e. The van der Waals surface area contributed by atoms with Gasteiger partial charge >= 0.3 is 5.97 Å². The highest BCUT2D eigenvalue weighted by Crippen LogP contribution is 2.21. The van der Waals surface area contributed by atoms with Crippen LogP contribution >= 0.6 is 11.8 Å². The van der Waals surface area contributed by atoms with Gasteiger partial charge in [-0.25, -0.2) is 14.8 Å². The quantitative estimate of drug-likeness (QED) is 0.792. The van der Waals surface area contributed by atoms with Crippen LogP contribution in [0.15, 0.2) is 37.1 Å². The maximum atomic E-state index is 11.9. The minimum absolute atomic E-state index is 0.0835. The van der Waals surface area contributed by atoms with E-state index >= 15 is 0 Å². The van der Waals surface area contributed by atoms with E-state index < -0.39 is 0 Å². The minimum atomic E-state index is -0.350. The highest BCUT2D eigenvalue weighted by atomic mass is 32.2. The molecule has 2 heterocycles. The molecule has 0 unspecified atom stereocenters. The standard InChI is InChI=1S/C14H17N3O2S/c1-14(2,20-3)9-19-13(18)11-4-5-12(16-8-11)17-7-6-15-10-17/h4-8,10H,9H2,1-3H3. The van der Waals surface area contributed by atoms with E-state index in [0.29, 0.717) is 18.0 Å². The van der Waals surface area contributed by atoms with Crippen LogP contribution in [0.4, 0.5) is 0 Å². The third kappa shape index (κ3) is 3.60. The van der Waals surface area contributed by atoms with Crippen molar-refractivity contribution < 1.29 is 9.53 Å². The van der Waals surface area contributed by atoms with E-state index in [2.05, 4.69) is 9.97 Å². The molecule has 0 aromatic carbocycles. The van der Waals surface area contributed by atoms with Crippen molar-refractivity contribution in [2.75, 3.05) is 12.9 Å². The van der Waals surface area contributed by atoms with Gasteiger partial charge in [-0.2, -0.15) is 11.8 Å². The van der Waals surface area contributed by atoms with Gasteiger partial charge in [0, 0.05) is 23.3 Å². The first kappa shape index (κ1) is 14.6. The highest BCUT2D eigenvalue weighted by molar-refractivity contribution is 7.99. The summed E-state index contributed by atoms with van der Waals surface area (Å²) in [4.78, 5) is 20.1. The van der Waals surface area contributed by atoms with E-state index in [4.69, 9.17) is 4.74 Å². The summed E-state index contributed by atoms with van der Waals surface area (Å²) in [6.45, 7) is 4.44. The van der Waals surface area contributed by atoms with Crippen molar-refractivity contribution in [1.82, 2.24) is 14.5 Å². The molecule has 0 saturated carbocycles. The Morgan fingerprint density at radius 3 is 2.80 bits per heavy atom. The summed E-state index contributed by atoms with van der Waals surface area (Å²) in [6.07, 6.45) is 8.63. The van der Waals surface area contributed by atoms with Gasteiger partial charge in [-0.1, -0.05) is 0 Å². The van der Waals surface area contributed by atoms with Crippen LogP contribution in [0.1, 0.15) is 24.2 Å². The van der Waals surface area contributed by atoms with Crippen LogP contribution in [-0.4, -0.2) is 38.1 Å². The molecule has 2 rings (SSSR count). The Kier molecular flexibility index (Phi) is 4.44. The lowest BCUT2D eigenvalue weighted by Crippen LogP contribution is -2.24. The van der Waals surface area contributed by atoms with Crippen LogP contribution in [0.5, 0.6) is 0 Å². The average molecular weight is 291 g/mol. The van der Waals surface area contributed by atoms with Crippen molar-refractivity contribution in [2.45, 2.75) is 18.6 Å². The summed E-state index contributed by atoms with van der Waals surface area (Å²) in [5.41, 5.74) is 0.450. The maximum Gasteiger partial charge on any atom is 0.339 e.